The summed E-state index contributed by atoms with van der Waals surface area (Å²) in [7, 11) is 0. The first kappa shape index (κ1) is 15.1. The highest BCUT2D eigenvalue weighted by Crippen LogP contribution is 2.25. The van der Waals surface area contributed by atoms with Crippen LogP contribution in [0.5, 0.6) is 5.75 Å². The normalized spacial score (nSPS) is 24.3. The first-order valence-electron chi connectivity index (χ1n) is 6.95. The van der Waals surface area contributed by atoms with Crippen molar-refractivity contribution in [2.24, 2.45) is 0 Å². The van der Waals surface area contributed by atoms with Crippen LogP contribution in [0.4, 0.5) is 0 Å². The molecule has 1 aromatic carbocycles. The maximum Gasteiger partial charge on any atom is 0.263 e. The van der Waals surface area contributed by atoms with Crippen LogP contribution in [0.3, 0.4) is 0 Å². The highest BCUT2D eigenvalue weighted by atomic mass is 35.5. The summed E-state index contributed by atoms with van der Waals surface area (Å²) in [5, 5.41) is 3.88. The Hall–Kier alpha value is -1.26. The molecule has 0 bridgehead atoms. The Morgan fingerprint density at radius 3 is 2.85 bits per heavy atom. The van der Waals surface area contributed by atoms with Gasteiger partial charge in [0.25, 0.3) is 5.91 Å². The highest BCUT2D eigenvalue weighted by Gasteiger charge is 2.31. The summed E-state index contributed by atoms with van der Waals surface area (Å²) in [6, 6.07) is 7.66. The van der Waals surface area contributed by atoms with Gasteiger partial charge in [-0.3, -0.25) is 4.79 Å². The molecule has 5 heteroatoms. The third kappa shape index (κ3) is 3.25. The Bertz CT molecular complexity index is 481. The topological polar surface area (TPSA) is 41.6 Å². The molecule has 1 heterocycles. The SMILES string of the molecule is CC(Oc1ccccc1Cl)C(=O)N1CCNC(C)C1C. The van der Waals surface area contributed by atoms with E-state index < -0.39 is 6.10 Å². The first-order valence-corrected chi connectivity index (χ1v) is 7.33. The first-order chi connectivity index (χ1) is 9.50. The lowest BCUT2D eigenvalue weighted by molar-refractivity contribution is -0.141. The molecule has 1 N–H and O–H groups in total. The van der Waals surface area contributed by atoms with Crippen LogP contribution in [-0.2, 0) is 4.79 Å². The second kappa shape index (κ2) is 6.46. The van der Waals surface area contributed by atoms with E-state index in [9.17, 15) is 4.79 Å². The van der Waals surface area contributed by atoms with Crippen molar-refractivity contribution in [3.8, 4) is 5.75 Å². The number of carbonyl (C=O) groups excluding carboxylic acids is 1. The molecule has 0 saturated carbocycles. The molecule has 3 unspecified atom stereocenters. The molecule has 1 amide bonds. The van der Waals surface area contributed by atoms with Gasteiger partial charge >= 0.3 is 0 Å². The molecule has 1 aliphatic rings. The Labute approximate surface area is 125 Å². The molecule has 3 atom stereocenters. The molecule has 1 saturated heterocycles. The lowest BCUT2D eigenvalue weighted by Crippen LogP contribution is -2.59. The fourth-order valence-corrected chi connectivity index (χ4v) is 2.56. The molecule has 1 fully saturated rings. The van der Waals surface area contributed by atoms with Crippen LogP contribution in [0.15, 0.2) is 24.3 Å². The average Bonchev–Trinajstić information content (AvgIpc) is 2.43. The predicted molar refractivity (Wildman–Crippen MR) is 80.2 cm³/mol. The lowest BCUT2D eigenvalue weighted by Gasteiger charge is -2.39. The van der Waals surface area contributed by atoms with Crippen LogP contribution in [0.25, 0.3) is 0 Å². The second-order valence-electron chi connectivity index (χ2n) is 5.21. The third-order valence-corrected chi connectivity index (χ3v) is 4.12. The number of nitrogens with one attached hydrogen (secondary N) is 1. The number of para-hydroxylation sites is 1. The number of ether oxygens (including phenoxy) is 1. The molecular formula is C15H21ClN2O2. The number of nitrogens with zero attached hydrogens (tertiary/aromatic N) is 1. The largest absolute Gasteiger partial charge is 0.479 e. The molecule has 20 heavy (non-hydrogen) atoms. The molecule has 2 rings (SSSR count). The molecule has 1 aromatic rings. The van der Waals surface area contributed by atoms with E-state index in [1.807, 2.05) is 17.0 Å². The van der Waals surface area contributed by atoms with E-state index >= 15 is 0 Å². The van der Waals surface area contributed by atoms with Gasteiger partial charge < -0.3 is 15.0 Å². The van der Waals surface area contributed by atoms with E-state index in [-0.39, 0.29) is 11.9 Å². The Kier molecular flexibility index (Phi) is 4.89. The molecular weight excluding hydrogens is 276 g/mol. The second-order valence-corrected chi connectivity index (χ2v) is 5.61. The highest BCUT2D eigenvalue weighted by molar-refractivity contribution is 6.32. The van der Waals surface area contributed by atoms with Gasteiger partial charge in [-0.1, -0.05) is 23.7 Å². The van der Waals surface area contributed by atoms with Gasteiger partial charge in [0.1, 0.15) is 5.75 Å². The smallest absolute Gasteiger partial charge is 0.263 e. The number of hydrogen-bond donors (Lipinski definition) is 1. The quantitative estimate of drug-likeness (QED) is 0.931. The molecule has 0 aromatic heterocycles. The summed E-state index contributed by atoms with van der Waals surface area (Å²) in [6.45, 7) is 7.43. The van der Waals surface area contributed by atoms with Crippen molar-refractivity contribution >= 4 is 17.5 Å². The van der Waals surface area contributed by atoms with Crippen LogP contribution < -0.4 is 10.1 Å². The standard InChI is InChI=1S/C15H21ClN2O2/c1-10-11(2)18(9-8-17-10)15(19)12(3)20-14-7-5-4-6-13(14)16/h4-7,10-12,17H,8-9H2,1-3H3. The van der Waals surface area contributed by atoms with Gasteiger partial charge in [0.05, 0.1) is 5.02 Å². The number of benzene rings is 1. The molecule has 0 aliphatic carbocycles. The Morgan fingerprint density at radius 2 is 2.15 bits per heavy atom. The molecule has 1 aliphatic heterocycles. The number of amides is 1. The fourth-order valence-electron chi connectivity index (χ4n) is 2.38. The van der Waals surface area contributed by atoms with E-state index in [1.165, 1.54) is 0 Å². The maximum atomic E-state index is 12.5. The van der Waals surface area contributed by atoms with E-state index in [0.717, 1.165) is 6.54 Å². The predicted octanol–water partition coefficient (Wildman–Crippen LogP) is 2.32. The van der Waals surface area contributed by atoms with Crippen molar-refractivity contribution in [1.29, 1.82) is 0 Å². The van der Waals surface area contributed by atoms with Crippen LogP contribution in [0.1, 0.15) is 20.8 Å². The van der Waals surface area contributed by atoms with Gasteiger partial charge in [-0.2, -0.15) is 0 Å². The van der Waals surface area contributed by atoms with Gasteiger partial charge in [-0.15, -0.1) is 0 Å². The van der Waals surface area contributed by atoms with Crippen LogP contribution in [-0.4, -0.2) is 42.1 Å². The minimum Gasteiger partial charge on any atom is -0.479 e. The molecule has 0 spiro atoms. The zero-order valence-electron chi connectivity index (χ0n) is 12.1. The summed E-state index contributed by atoms with van der Waals surface area (Å²) < 4.78 is 5.70. The van der Waals surface area contributed by atoms with E-state index in [2.05, 4.69) is 19.2 Å². The number of rotatable bonds is 3. The minimum atomic E-state index is -0.539. The maximum absolute atomic E-state index is 12.5. The molecule has 0 radical (unpaired) electrons. The van der Waals surface area contributed by atoms with Crippen molar-refractivity contribution in [2.45, 2.75) is 39.0 Å². The van der Waals surface area contributed by atoms with Gasteiger partial charge in [0.15, 0.2) is 6.10 Å². The van der Waals surface area contributed by atoms with Crippen LogP contribution in [0.2, 0.25) is 5.02 Å². The number of halogens is 1. The number of piperazine rings is 1. The van der Waals surface area contributed by atoms with Crippen molar-refractivity contribution in [1.82, 2.24) is 10.2 Å². The summed E-state index contributed by atoms with van der Waals surface area (Å²) >= 11 is 6.05. The molecule has 4 nitrogen and oxygen atoms in total. The third-order valence-electron chi connectivity index (χ3n) is 3.81. The monoisotopic (exact) mass is 296 g/mol. The number of hydrogen-bond acceptors (Lipinski definition) is 3. The summed E-state index contributed by atoms with van der Waals surface area (Å²) in [5.74, 6) is 0.552. The Balaban J connectivity index is 2.03. The van der Waals surface area contributed by atoms with Crippen molar-refractivity contribution in [2.75, 3.05) is 13.1 Å². The summed E-state index contributed by atoms with van der Waals surface area (Å²) in [5.41, 5.74) is 0. The zero-order chi connectivity index (χ0) is 14.7. The van der Waals surface area contributed by atoms with Gasteiger partial charge in [-0.25, -0.2) is 0 Å². The van der Waals surface area contributed by atoms with Gasteiger partial charge in [-0.05, 0) is 32.9 Å². The summed E-state index contributed by atoms with van der Waals surface area (Å²) in [6.07, 6.45) is -0.539. The van der Waals surface area contributed by atoms with E-state index in [1.54, 1.807) is 19.1 Å². The number of carbonyl (C=O) groups is 1. The Morgan fingerprint density at radius 1 is 1.45 bits per heavy atom. The van der Waals surface area contributed by atoms with Crippen molar-refractivity contribution < 1.29 is 9.53 Å². The van der Waals surface area contributed by atoms with Crippen LogP contribution in [0, 0.1) is 0 Å². The van der Waals surface area contributed by atoms with Gasteiger partial charge in [0, 0.05) is 25.2 Å². The minimum absolute atomic E-state index is 0.00534. The fraction of sp³-hybridized carbons (Fsp3) is 0.533. The van der Waals surface area contributed by atoms with Crippen LogP contribution >= 0.6 is 11.6 Å². The van der Waals surface area contributed by atoms with E-state index in [4.69, 9.17) is 16.3 Å². The van der Waals surface area contributed by atoms with Gasteiger partial charge in [0.2, 0.25) is 0 Å². The summed E-state index contributed by atoms with van der Waals surface area (Å²) in [4.78, 5) is 14.4. The van der Waals surface area contributed by atoms with Crippen molar-refractivity contribution in [3.05, 3.63) is 29.3 Å². The average molecular weight is 297 g/mol. The van der Waals surface area contributed by atoms with E-state index in [0.29, 0.717) is 23.4 Å². The van der Waals surface area contributed by atoms with Crippen molar-refractivity contribution in [3.63, 3.8) is 0 Å². The molecule has 110 valence electrons. The lowest BCUT2D eigenvalue weighted by atomic mass is 10.1. The zero-order valence-corrected chi connectivity index (χ0v) is 12.9.